The number of aromatic nitrogens is 2. The Morgan fingerprint density at radius 3 is 2.27 bits per heavy atom. The number of thiophene rings is 1. The molecule has 8 aromatic rings. The summed E-state index contributed by atoms with van der Waals surface area (Å²) in [6.07, 6.45) is 23.4. The molecule has 0 atom stereocenters. The zero-order chi connectivity index (χ0) is 40.8. The molecule has 0 amide bonds. The van der Waals surface area contributed by atoms with Crippen LogP contribution in [0.1, 0.15) is 46.7 Å². The van der Waals surface area contributed by atoms with Gasteiger partial charge in [0.15, 0.2) is 0 Å². The van der Waals surface area contributed by atoms with Crippen molar-refractivity contribution in [2.24, 2.45) is 5.73 Å². The van der Waals surface area contributed by atoms with E-state index in [-0.39, 0.29) is 0 Å². The van der Waals surface area contributed by atoms with E-state index in [4.69, 9.17) is 10.7 Å². The molecule has 0 radical (unpaired) electrons. The van der Waals surface area contributed by atoms with E-state index in [0.29, 0.717) is 0 Å². The van der Waals surface area contributed by atoms with Crippen LogP contribution in [0.15, 0.2) is 188 Å². The minimum Gasteiger partial charge on any atom is -0.405 e. The first kappa shape index (κ1) is 38.1. The number of nitrogens with zero attached hydrogens (tertiary/aromatic N) is 2. The normalized spacial score (nSPS) is 12.9. The molecule has 0 fully saturated rings. The maximum absolute atomic E-state index is 5.60. The molecule has 0 bridgehead atoms. The predicted molar refractivity (Wildman–Crippen MR) is 259 cm³/mol. The van der Waals surface area contributed by atoms with Crippen molar-refractivity contribution in [3.05, 3.63) is 221 Å². The molecular formula is C56H43N3S. The van der Waals surface area contributed by atoms with E-state index in [1.165, 1.54) is 48.3 Å². The van der Waals surface area contributed by atoms with Gasteiger partial charge in [-0.05, 0) is 119 Å². The number of hydrogen-bond donors (Lipinski definition) is 1. The molecule has 3 heterocycles. The third kappa shape index (κ3) is 7.28. The second-order valence-electron chi connectivity index (χ2n) is 14.3. The molecule has 0 aliphatic heterocycles. The first-order valence-electron chi connectivity index (χ1n) is 20.5. The molecule has 4 heteroatoms. The second kappa shape index (κ2) is 17.2. The van der Waals surface area contributed by atoms with E-state index in [1.807, 2.05) is 55.7 Å². The number of pyridine rings is 1. The molecule has 2 N–H and O–H groups in total. The molecule has 0 spiro atoms. The smallest absolute Gasteiger partial charge is 0.0708 e. The van der Waals surface area contributed by atoms with Crippen LogP contribution in [0.25, 0.3) is 90.1 Å². The third-order valence-electron chi connectivity index (χ3n) is 10.9. The summed E-state index contributed by atoms with van der Waals surface area (Å²) < 4.78 is 3.65. The fourth-order valence-electron chi connectivity index (χ4n) is 8.13. The van der Waals surface area contributed by atoms with Crippen LogP contribution in [0, 0.1) is 0 Å². The molecule has 5 aromatic carbocycles. The van der Waals surface area contributed by atoms with Gasteiger partial charge in [-0.2, -0.15) is 0 Å². The molecule has 3 nitrogen and oxygen atoms in total. The predicted octanol–water partition coefficient (Wildman–Crippen LogP) is 14.8. The van der Waals surface area contributed by atoms with Gasteiger partial charge in [0.05, 0.1) is 22.6 Å². The molecule has 10 rings (SSSR count). The van der Waals surface area contributed by atoms with Gasteiger partial charge in [0.2, 0.25) is 0 Å². The highest BCUT2D eigenvalue weighted by Gasteiger charge is 2.21. The van der Waals surface area contributed by atoms with E-state index in [0.717, 1.165) is 56.7 Å². The maximum Gasteiger partial charge on any atom is 0.0708 e. The topological polar surface area (TPSA) is 43.8 Å². The van der Waals surface area contributed by atoms with Crippen molar-refractivity contribution in [1.82, 2.24) is 9.55 Å². The summed E-state index contributed by atoms with van der Waals surface area (Å²) in [5.74, 6) is 0. The van der Waals surface area contributed by atoms with E-state index < -0.39 is 0 Å². The molecule has 288 valence electrons. The minimum atomic E-state index is 0.801. The zero-order valence-corrected chi connectivity index (χ0v) is 34.5. The molecule has 0 saturated heterocycles. The number of allylic oxidation sites excluding steroid dienone is 7. The summed E-state index contributed by atoms with van der Waals surface area (Å²) in [5, 5.41) is 2.40. The standard InChI is InChI=1S/C54H37N3S.C2H6/c55-32-11-2-5-16-38-17-6-7-19-43(38)41-26-30-52-47(35-41)46-28-24-39(44-20-8-9-21-45(44)50-22-10-12-33-56-50)25-29-51(46)57(52)42-18-13-23-53-49(36-42)48-34-40(27-31-54(48)58-53)37-14-3-1-4-15-37;1-2/h1-12,14-15,17-23,25-36H,16,55H2;1-2H3/b5-2-,32-11-;. The Kier molecular flexibility index (Phi) is 10.9. The highest BCUT2D eigenvalue weighted by Crippen LogP contribution is 2.42. The number of hydrogen-bond acceptors (Lipinski definition) is 3. The van der Waals surface area contributed by atoms with Gasteiger partial charge in [0, 0.05) is 54.9 Å². The average Bonchev–Trinajstić information content (AvgIpc) is 3.59. The van der Waals surface area contributed by atoms with Crippen molar-refractivity contribution >= 4 is 67.9 Å². The van der Waals surface area contributed by atoms with Gasteiger partial charge in [-0.3, -0.25) is 4.98 Å². The Balaban J connectivity index is 0.00000228. The van der Waals surface area contributed by atoms with Crippen LogP contribution in [-0.2, 0) is 6.42 Å². The van der Waals surface area contributed by atoms with Crippen LogP contribution in [0.4, 0.5) is 0 Å². The van der Waals surface area contributed by atoms with Crippen LogP contribution >= 0.6 is 11.3 Å². The van der Waals surface area contributed by atoms with Crippen LogP contribution in [0.2, 0.25) is 0 Å². The lowest BCUT2D eigenvalue weighted by molar-refractivity contribution is 1.16. The summed E-state index contributed by atoms with van der Waals surface area (Å²) in [5.41, 5.74) is 28.6. The van der Waals surface area contributed by atoms with Crippen LogP contribution in [-0.4, -0.2) is 9.55 Å². The number of rotatable bonds is 8. The molecule has 60 heavy (non-hydrogen) atoms. The molecular weight excluding hydrogens is 747 g/mol. The Morgan fingerprint density at radius 1 is 0.667 bits per heavy atom. The largest absolute Gasteiger partial charge is 0.405 e. The first-order chi connectivity index (χ1) is 29.7. The van der Waals surface area contributed by atoms with E-state index in [1.54, 1.807) is 6.20 Å². The van der Waals surface area contributed by atoms with Gasteiger partial charge in [-0.25, -0.2) is 0 Å². The van der Waals surface area contributed by atoms with Gasteiger partial charge in [-0.1, -0.05) is 123 Å². The minimum absolute atomic E-state index is 0.801. The summed E-state index contributed by atoms with van der Waals surface area (Å²) >= 11 is 1.81. The van der Waals surface area contributed by atoms with Gasteiger partial charge in [-0.15, -0.1) is 22.8 Å². The monoisotopic (exact) mass is 789 g/mol. The summed E-state index contributed by atoms with van der Waals surface area (Å²) in [6, 6.07) is 47.5. The SMILES string of the molecule is CC.N/C=C\C=C/Cc1ccccc1-c1ccc2c(c1)c1c(n2C2=Cc3c(sc4ccc(-c5ccccc5)cc34)C=C=C2)C=CC(c2ccccc2-c2ccccn2)=C=C1. The second-order valence-corrected chi connectivity index (χ2v) is 15.4. The van der Waals surface area contributed by atoms with Crippen molar-refractivity contribution < 1.29 is 0 Å². The first-order valence-corrected chi connectivity index (χ1v) is 21.3. The van der Waals surface area contributed by atoms with Crippen molar-refractivity contribution in [3.63, 3.8) is 0 Å². The lowest BCUT2D eigenvalue weighted by Gasteiger charge is -2.12. The fourth-order valence-corrected chi connectivity index (χ4v) is 9.19. The maximum atomic E-state index is 5.60. The van der Waals surface area contributed by atoms with Gasteiger partial charge < -0.3 is 10.3 Å². The van der Waals surface area contributed by atoms with Crippen molar-refractivity contribution in [2.75, 3.05) is 0 Å². The molecule has 0 saturated carbocycles. The summed E-state index contributed by atoms with van der Waals surface area (Å²) in [4.78, 5) is 5.90. The Bertz CT molecular complexity index is 3150. The van der Waals surface area contributed by atoms with Crippen molar-refractivity contribution in [2.45, 2.75) is 20.3 Å². The van der Waals surface area contributed by atoms with Crippen LogP contribution in [0.3, 0.4) is 0 Å². The van der Waals surface area contributed by atoms with Gasteiger partial charge in [0.1, 0.15) is 0 Å². The molecule has 2 aliphatic rings. The van der Waals surface area contributed by atoms with Gasteiger partial charge >= 0.3 is 0 Å². The third-order valence-corrected chi connectivity index (χ3v) is 12.0. The lowest BCUT2D eigenvalue weighted by atomic mass is 9.96. The highest BCUT2D eigenvalue weighted by atomic mass is 32.1. The summed E-state index contributed by atoms with van der Waals surface area (Å²) in [6.45, 7) is 4.00. The van der Waals surface area contributed by atoms with Gasteiger partial charge in [0.25, 0.3) is 0 Å². The number of nitrogens with two attached hydrogens (primary N) is 1. The highest BCUT2D eigenvalue weighted by molar-refractivity contribution is 7.20. The average molecular weight is 790 g/mol. The quantitative estimate of drug-likeness (QED) is 0.123. The molecule has 3 aromatic heterocycles. The van der Waals surface area contributed by atoms with Crippen LogP contribution < -0.4 is 5.73 Å². The van der Waals surface area contributed by atoms with E-state index >= 15 is 0 Å². The zero-order valence-electron chi connectivity index (χ0n) is 33.6. The van der Waals surface area contributed by atoms with E-state index in [2.05, 4.69) is 180 Å². The number of benzene rings is 5. The fraction of sp³-hybridized carbons (Fsp3) is 0.0536. The van der Waals surface area contributed by atoms with E-state index in [9.17, 15) is 0 Å². The summed E-state index contributed by atoms with van der Waals surface area (Å²) in [7, 11) is 0. The number of fused-ring (bicyclic) bond motifs is 6. The Morgan fingerprint density at radius 2 is 1.43 bits per heavy atom. The molecule has 2 aliphatic carbocycles. The van der Waals surface area contributed by atoms with Crippen molar-refractivity contribution in [1.29, 1.82) is 0 Å². The van der Waals surface area contributed by atoms with Crippen molar-refractivity contribution in [3.8, 4) is 33.5 Å². The Hall–Kier alpha value is -7.45. The van der Waals surface area contributed by atoms with Crippen LogP contribution in [0.5, 0.6) is 0 Å². The molecule has 0 unspecified atom stereocenters. The Labute approximate surface area is 355 Å². The lowest BCUT2D eigenvalue weighted by Crippen LogP contribution is -1.98.